The van der Waals surface area contributed by atoms with Crippen LogP contribution in [0.4, 0.5) is 0 Å². The van der Waals surface area contributed by atoms with E-state index < -0.39 is 41.7 Å². The van der Waals surface area contributed by atoms with Crippen LogP contribution in [-0.4, -0.2) is 57.4 Å². The number of benzene rings is 1. The molecule has 1 aromatic carbocycles. The quantitative estimate of drug-likeness (QED) is 0.172. The van der Waals surface area contributed by atoms with Crippen LogP contribution in [0.25, 0.3) is 0 Å². The van der Waals surface area contributed by atoms with Gasteiger partial charge >= 0.3 is 5.97 Å². The van der Waals surface area contributed by atoms with E-state index in [2.05, 4.69) is 10.6 Å². The van der Waals surface area contributed by atoms with Gasteiger partial charge in [-0.2, -0.15) is 0 Å². The first kappa shape index (κ1) is 37.5. The van der Waals surface area contributed by atoms with E-state index in [1.165, 1.54) is 19.1 Å². The van der Waals surface area contributed by atoms with E-state index in [1.54, 1.807) is 26.0 Å². The van der Waals surface area contributed by atoms with Crippen molar-refractivity contribution in [3.05, 3.63) is 29.8 Å². The molecule has 0 heterocycles. The van der Waals surface area contributed by atoms with E-state index in [0.29, 0.717) is 19.3 Å². The first-order chi connectivity index (χ1) is 20.0. The zero-order valence-corrected chi connectivity index (χ0v) is 26.6. The number of carbonyl (C=O) groups is 6. The SMILES string of the molecule is CC(=O)[C@@H](CC(=O)C(NC(=O)[C@@H](CC(=O)[C@H](CC(C)C)NC(=O)CCC(=O)O)CC(C)C)C(C)C)Cc1ccc(O)cc1. The van der Waals surface area contributed by atoms with Gasteiger partial charge in [0.25, 0.3) is 0 Å². The molecular formula is C33H50N2O8. The Hall–Kier alpha value is -3.56. The third-order valence-electron chi connectivity index (χ3n) is 7.32. The fraction of sp³-hybridized carbons (Fsp3) is 0.636. The number of carboxylic acid groups (broad SMARTS) is 1. The molecule has 1 aromatic rings. The molecule has 0 bridgehead atoms. The molecule has 4 atom stereocenters. The number of hydrogen-bond acceptors (Lipinski definition) is 7. The summed E-state index contributed by atoms with van der Waals surface area (Å²) in [5, 5.41) is 23.9. The predicted octanol–water partition coefficient (Wildman–Crippen LogP) is 4.26. The molecule has 240 valence electrons. The zero-order valence-electron chi connectivity index (χ0n) is 26.6. The summed E-state index contributed by atoms with van der Waals surface area (Å²) < 4.78 is 0. The third kappa shape index (κ3) is 14.4. The van der Waals surface area contributed by atoms with E-state index in [1.807, 2.05) is 27.7 Å². The average Bonchev–Trinajstić information content (AvgIpc) is 2.89. The highest BCUT2D eigenvalue weighted by atomic mass is 16.4. The Morgan fingerprint density at radius 2 is 1.30 bits per heavy atom. The number of aromatic hydroxyl groups is 1. The fourth-order valence-electron chi connectivity index (χ4n) is 5.00. The Bertz CT molecular complexity index is 1110. The second kappa shape index (κ2) is 18.2. The second-order valence-electron chi connectivity index (χ2n) is 12.7. The molecule has 4 N–H and O–H groups in total. The molecule has 1 unspecified atom stereocenters. The number of ketones is 3. The predicted molar refractivity (Wildman–Crippen MR) is 163 cm³/mol. The summed E-state index contributed by atoms with van der Waals surface area (Å²) in [6, 6.07) is 4.73. The number of phenols is 1. The maximum absolute atomic E-state index is 13.6. The molecule has 10 nitrogen and oxygen atoms in total. The van der Waals surface area contributed by atoms with Crippen LogP contribution in [-0.2, 0) is 35.2 Å². The van der Waals surface area contributed by atoms with Gasteiger partial charge in [-0.05, 0) is 61.6 Å². The standard InChI is InChI=1S/C33H50N2O8/c1-19(2)14-25(18-28(38)27(15-20(3)4)34-30(40)12-13-31(41)42)33(43)35-32(21(5)6)29(39)17-24(22(7)36)16-23-8-10-26(37)11-9-23/h8-11,19-21,24-25,27,32,37H,12-18H2,1-7H3,(H,34,40)(H,35,43)(H,41,42)/t24-,25-,27+,32?/m1/s1. The van der Waals surface area contributed by atoms with Crippen molar-refractivity contribution in [1.82, 2.24) is 10.6 Å². The van der Waals surface area contributed by atoms with Crippen molar-refractivity contribution in [2.75, 3.05) is 0 Å². The van der Waals surface area contributed by atoms with Crippen LogP contribution in [0.2, 0.25) is 0 Å². The van der Waals surface area contributed by atoms with Gasteiger partial charge < -0.3 is 20.8 Å². The number of amides is 2. The number of Topliss-reactive ketones (excluding diaryl/α,β-unsaturated/α-hetero) is 3. The van der Waals surface area contributed by atoms with Crippen molar-refractivity contribution >= 4 is 35.1 Å². The summed E-state index contributed by atoms with van der Waals surface area (Å²) in [5.41, 5.74) is 0.803. The first-order valence-electron chi connectivity index (χ1n) is 15.1. The molecule has 0 fully saturated rings. The van der Waals surface area contributed by atoms with Crippen molar-refractivity contribution in [1.29, 1.82) is 0 Å². The van der Waals surface area contributed by atoms with E-state index >= 15 is 0 Å². The monoisotopic (exact) mass is 602 g/mol. The third-order valence-corrected chi connectivity index (χ3v) is 7.32. The summed E-state index contributed by atoms with van der Waals surface area (Å²) >= 11 is 0. The average molecular weight is 603 g/mol. The molecule has 43 heavy (non-hydrogen) atoms. The second-order valence-corrected chi connectivity index (χ2v) is 12.7. The lowest BCUT2D eigenvalue weighted by molar-refractivity contribution is -0.139. The zero-order chi connectivity index (χ0) is 32.9. The number of hydrogen-bond donors (Lipinski definition) is 4. The molecule has 0 saturated heterocycles. The van der Waals surface area contributed by atoms with Crippen molar-refractivity contribution in [3.8, 4) is 5.75 Å². The highest BCUT2D eigenvalue weighted by Crippen LogP contribution is 2.22. The first-order valence-corrected chi connectivity index (χ1v) is 15.1. The van der Waals surface area contributed by atoms with Crippen molar-refractivity contribution < 1.29 is 39.0 Å². The van der Waals surface area contributed by atoms with Gasteiger partial charge in [0.1, 0.15) is 11.5 Å². The maximum atomic E-state index is 13.6. The molecule has 1 rings (SSSR count). The summed E-state index contributed by atoms with van der Waals surface area (Å²) in [5.74, 6) is -4.21. The van der Waals surface area contributed by atoms with Gasteiger partial charge in [0.15, 0.2) is 11.6 Å². The lowest BCUT2D eigenvalue weighted by Crippen LogP contribution is -2.49. The maximum Gasteiger partial charge on any atom is 0.303 e. The van der Waals surface area contributed by atoms with Gasteiger partial charge in [-0.25, -0.2) is 0 Å². The van der Waals surface area contributed by atoms with Crippen LogP contribution in [0.15, 0.2) is 24.3 Å². The van der Waals surface area contributed by atoms with Crippen LogP contribution in [0, 0.1) is 29.6 Å². The Kier molecular flexibility index (Phi) is 15.8. The van der Waals surface area contributed by atoms with Crippen molar-refractivity contribution in [3.63, 3.8) is 0 Å². The lowest BCUT2D eigenvalue weighted by Gasteiger charge is -2.27. The van der Waals surface area contributed by atoms with E-state index in [9.17, 15) is 33.9 Å². The summed E-state index contributed by atoms with van der Waals surface area (Å²) in [7, 11) is 0. The molecule has 0 saturated carbocycles. The number of phenolic OH excluding ortho intramolecular Hbond substituents is 1. The molecule has 0 radical (unpaired) electrons. The van der Waals surface area contributed by atoms with Crippen molar-refractivity contribution in [2.45, 2.75) is 105 Å². The van der Waals surface area contributed by atoms with Gasteiger partial charge in [-0.1, -0.05) is 53.7 Å². The van der Waals surface area contributed by atoms with Crippen LogP contribution in [0.3, 0.4) is 0 Å². The highest BCUT2D eigenvalue weighted by molar-refractivity contribution is 5.95. The molecular weight excluding hydrogens is 552 g/mol. The molecule has 0 aliphatic rings. The Labute approximate surface area is 255 Å². The molecule has 0 aliphatic carbocycles. The van der Waals surface area contributed by atoms with E-state index in [4.69, 9.17) is 5.11 Å². The minimum atomic E-state index is -1.11. The molecule has 0 aliphatic heterocycles. The van der Waals surface area contributed by atoms with Gasteiger partial charge in [0.2, 0.25) is 11.8 Å². The largest absolute Gasteiger partial charge is 0.508 e. The topological polar surface area (TPSA) is 167 Å². The van der Waals surface area contributed by atoms with E-state index in [-0.39, 0.29) is 66.5 Å². The Morgan fingerprint density at radius 3 is 1.79 bits per heavy atom. The van der Waals surface area contributed by atoms with Crippen molar-refractivity contribution in [2.24, 2.45) is 29.6 Å². The minimum Gasteiger partial charge on any atom is -0.508 e. The van der Waals surface area contributed by atoms with Gasteiger partial charge in [0, 0.05) is 31.1 Å². The summed E-state index contributed by atoms with van der Waals surface area (Å²) in [6.07, 6.45) is 0.238. The van der Waals surface area contributed by atoms with E-state index in [0.717, 1.165) is 5.56 Å². The van der Waals surface area contributed by atoms with Gasteiger partial charge in [-0.3, -0.25) is 28.8 Å². The number of carbonyl (C=O) groups excluding carboxylic acids is 5. The van der Waals surface area contributed by atoms with Crippen LogP contribution in [0.1, 0.15) is 92.6 Å². The number of nitrogens with one attached hydrogen (secondary N) is 2. The summed E-state index contributed by atoms with van der Waals surface area (Å²) in [4.78, 5) is 76.0. The summed E-state index contributed by atoms with van der Waals surface area (Å²) in [6.45, 7) is 12.7. The smallest absolute Gasteiger partial charge is 0.303 e. The molecule has 10 heteroatoms. The van der Waals surface area contributed by atoms with Gasteiger partial charge in [-0.15, -0.1) is 0 Å². The van der Waals surface area contributed by atoms with Crippen LogP contribution >= 0.6 is 0 Å². The number of carboxylic acids is 1. The van der Waals surface area contributed by atoms with Crippen LogP contribution in [0.5, 0.6) is 5.75 Å². The van der Waals surface area contributed by atoms with Gasteiger partial charge in [0.05, 0.1) is 18.5 Å². The highest BCUT2D eigenvalue weighted by Gasteiger charge is 2.33. The fourth-order valence-corrected chi connectivity index (χ4v) is 5.00. The van der Waals surface area contributed by atoms with Crippen LogP contribution < -0.4 is 10.6 Å². The molecule has 0 spiro atoms. The molecule has 0 aromatic heterocycles. The molecule has 2 amide bonds. The number of rotatable bonds is 20. The lowest BCUT2D eigenvalue weighted by atomic mass is 9.85. The normalized spacial score (nSPS) is 14.2. The Balaban J connectivity index is 3.07. The Morgan fingerprint density at radius 1 is 0.744 bits per heavy atom. The number of aliphatic carboxylic acids is 1. The minimum absolute atomic E-state index is 0.0600.